The Kier molecular flexibility index (Phi) is 3.00. The molecule has 0 bridgehead atoms. The van der Waals surface area contributed by atoms with Crippen LogP contribution in [0.1, 0.15) is 25.3 Å². The van der Waals surface area contributed by atoms with Crippen LogP contribution in [0.3, 0.4) is 0 Å². The van der Waals surface area contributed by atoms with Crippen molar-refractivity contribution in [3.8, 4) is 0 Å². The van der Waals surface area contributed by atoms with Crippen molar-refractivity contribution < 1.29 is 4.42 Å². The molecule has 0 saturated carbocycles. The van der Waals surface area contributed by atoms with Gasteiger partial charge in [0, 0.05) is 5.56 Å². The maximum absolute atomic E-state index is 5.08. The van der Waals surface area contributed by atoms with Gasteiger partial charge in [0.05, 0.1) is 6.26 Å². The molecule has 10 heavy (non-hydrogen) atoms. The van der Waals surface area contributed by atoms with Crippen molar-refractivity contribution in [1.29, 1.82) is 0 Å². The molecule has 0 aromatic carbocycles. The molecule has 1 aromatic rings. The average molecular weight is 203 g/mol. The summed E-state index contributed by atoms with van der Waals surface area (Å²) in [7, 11) is 0. The zero-order valence-electron chi connectivity index (χ0n) is 6.06. The van der Waals surface area contributed by atoms with Gasteiger partial charge in [0.15, 0.2) is 4.67 Å². The van der Waals surface area contributed by atoms with Crippen molar-refractivity contribution in [2.75, 3.05) is 0 Å². The molecule has 0 saturated heterocycles. The highest BCUT2D eigenvalue weighted by Crippen LogP contribution is 2.19. The monoisotopic (exact) mass is 202 g/mol. The molecule has 56 valence electrons. The summed E-state index contributed by atoms with van der Waals surface area (Å²) in [6, 6.07) is 2.01. The Balaban J connectivity index is 2.49. The van der Waals surface area contributed by atoms with Gasteiger partial charge in [0.2, 0.25) is 0 Å². The van der Waals surface area contributed by atoms with Gasteiger partial charge in [-0.15, -0.1) is 0 Å². The molecule has 0 aliphatic heterocycles. The molecule has 1 heterocycles. The molecule has 2 heteroatoms. The third-order valence-corrected chi connectivity index (χ3v) is 2.19. The molecule has 0 spiro atoms. The van der Waals surface area contributed by atoms with Crippen molar-refractivity contribution in [1.82, 2.24) is 0 Å². The fourth-order valence-corrected chi connectivity index (χ4v) is 1.30. The van der Waals surface area contributed by atoms with E-state index in [-0.39, 0.29) is 0 Å². The van der Waals surface area contributed by atoms with Crippen LogP contribution in [0.5, 0.6) is 0 Å². The van der Waals surface area contributed by atoms with E-state index in [0.717, 1.165) is 11.1 Å². The Morgan fingerprint density at radius 1 is 1.60 bits per heavy atom. The van der Waals surface area contributed by atoms with Gasteiger partial charge in [-0.3, -0.25) is 0 Å². The van der Waals surface area contributed by atoms with Gasteiger partial charge < -0.3 is 4.42 Å². The SMILES string of the molecule is CCCCc1ccoc1Br. The van der Waals surface area contributed by atoms with E-state index in [1.807, 2.05) is 6.07 Å². The summed E-state index contributed by atoms with van der Waals surface area (Å²) in [5.41, 5.74) is 1.28. The minimum atomic E-state index is 0.890. The topological polar surface area (TPSA) is 13.1 Å². The molecule has 0 fully saturated rings. The van der Waals surface area contributed by atoms with Gasteiger partial charge in [-0.2, -0.15) is 0 Å². The minimum absolute atomic E-state index is 0.890. The highest BCUT2D eigenvalue weighted by atomic mass is 79.9. The molecule has 0 N–H and O–H groups in total. The number of aryl methyl sites for hydroxylation is 1. The smallest absolute Gasteiger partial charge is 0.172 e. The Labute approximate surface area is 69.6 Å². The predicted molar refractivity (Wildman–Crippen MR) is 45.0 cm³/mol. The van der Waals surface area contributed by atoms with E-state index in [1.54, 1.807) is 6.26 Å². The van der Waals surface area contributed by atoms with E-state index in [1.165, 1.54) is 18.4 Å². The third kappa shape index (κ3) is 1.87. The van der Waals surface area contributed by atoms with Crippen LogP contribution in [0.25, 0.3) is 0 Å². The number of furan rings is 1. The Morgan fingerprint density at radius 2 is 2.40 bits per heavy atom. The van der Waals surface area contributed by atoms with Gasteiger partial charge in [-0.1, -0.05) is 13.3 Å². The molecule has 1 nitrogen and oxygen atoms in total. The number of rotatable bonds is 3. The maximum atomic E-state index is 5.08. The number of hydrogen-bond donors (Lipinski definition) is 0. The van der Waals surface area contributed by atoms with E-state index >= 15 is 0 Å². The fourth-order valence-electron chi connectivity index (χ4n) is 0.866. The van der Waals surface area contributed by atoms with Crippen molar-refractivity contribution in [2.45, 2.75) is 26.2 Å². The number of halogens is 1. The first-order chi connectivity index (χ1) is 4.84. The molecule has 1 aromatic heterocycles. The van der Waals surface area contributed by atoms with Crippen LogP contribution in [-0.4, -0.2) is 0 Å². The minimum Gasteiger partial charge on any atom is -0.457 e. The lowest BCUT2D eigenvalue weighted by atomic mass is 10.2. The van der Waals surface area contributed by atoms with E-state index in [4.69, 9.17) is 4.42 Å². The Hall–Kier alpha value is -0.240. The number of hydrogen-bond acceptors (Lipinski definition) is 1. The molecule has 0 aliphatic rings. The van der Waals surface area contributed by atoms with E-state index < -0.39 is 0 Å². The van der Waals surface area contributed by atoms with Gasteiger partial charge in [0.1, 0.15) is 0 Å². The number of unbranched alkanes of at least 4 members (excludes halogenated alkanes) is 1. The Morgan fingerprint density at radius 3 is 2.90 bits per heavy atom. The first-order valence-corrected chi connectivity index (χ1v) is 4.35. The molecule has 1 rings (SSSR count). The van der Waals surface area contributed by atoms with Crippen molar-refractivity contribution in [2.24, 2.45) is 0 Å². The summed E-state index contributed by atoms with van der Waals surface area (Å²) < 4.78 is 5.97. The lowest BCUT2D eigenvalue weighted by Gasteiger charge is -1.92. The van der Waals surface area contributed by atoms with Crippen LogP contribution in [0.15, 0.2) is 21.4 Å². The molecular weight excluding hydrogens is 192 g/mol. The Bertz CT molecular complexity index is 193. The molecule has 0 aliphatic carbocycles. The summed E-state index contributed by atoms with van der Waals surface area (Å²) in [4.78, 5) is 0. The summed E-state index contributed by atoms with van der Waals surface area (Å²) in [5.74, 6) is 0. The molecule has 0 radical (unpaired) electrons. The largest absolute Gasteiger partial charge is 0.457 e. The van der Waals surface area contributed by atoms with Crippen LogP contribution in [-0.2, 0) is 6.42 Å². The summed E-state index contributed by atoms with van der Waals surface area (Å²) in [6.45, 7) is 2.19. The lowest BCUT2D eigenvalue weighted by molar-refractivity contribution is 0.536. The quantitative estimate of drug-likeness (QED) is 0.733. The van der Waals surface area contributed by atoms with Crippen molar-refractivity contribution in [3.05, 3.63) is 22.6 Å². The zero-order chi connectivity index (χ0) is 7.40. The molecule has 0 unspecified atom stereocenters. The zero-order valence-corrected chi connectivity index (χ0v) is 7.65. The van der Waals surface area contributed by atoms with Gasteiger partial charge in [0.25, 0.3) is 0 Å². The van der Waals surface area contributed by atoms with Crippen LogP contribution in [0.4, 0.5) is 0 Å². The van der Waals surface area contributed by atoms with Crippen molar-refractivity contribution >= 4 is 15.9 Å². The van der Waals surface area contributed by atoms with Gasteiger partial charge in [-0.05, 0) is 34.8 Å². The second-order valence-corrected chi connectivity index (χ2v) is 3.04. The van der Waals surface area contributed by atoms with E-state index in [9.17, 15) is 0 Å². The molecular formula is C8H11BrO. The lowest BCUT2D eigenvalue weighted by Crippen LogP contribution is -1.80. The van der Waals surface area contributed by atoms with E-state index in [0.29, 0.717) is 0 Å². The summed E-state index contributed by atoms with van der Waals surface area (Å²) in [6.07, 6.45) is 5.30. The first-order valence-electron chi connectivity index (χ1n) is 3.56. The third-order valence-electron chi connectivity index (χ3n) is 1.49. The van der Waals surface area contributed by atoms with Gasteiger partial charge in [-0.25, -0.2) is 0 Å². The second kappa shape index (κ2) is 3.81. The van der Waals surface area contributed by atoms with Crippen LogP contribution >= 0.6 is 15.9 Å². The van der Waals surface area contributed by atoms with Crippen LogP contribution in [0.2, 0.25) is 0 Å². The summed E-state index contributed by atoms with van der Waals surface area (Å²) >= 11 is 3.33. The normalized spacial score (nSPS) is 10.2. The van der Waals surface area contributed by atoms with Crippen LogP contribution in [0, 0.1) is 0 Å². The highest BCUT2D eigenvalue weighted by Gasteiger charge is 1.99. The second-order valence-electron chi connectivity index (χ2n) is 2.32. The van der Waals surface area contributed by atoms with Crippen LogP contribution < -0.4 is 0 Å². The predicted octanol–water partition coefficient (Wildman–Crippen LogP) is 3.38. The van der Waals surface area contributed by atoms with Gasteiger partial charge >= 0.3 is 0 Å². The fraction of sp³-hybridized carbons (Fsp3) is 0.500. The molecule has 0 amide bonds. The highest BCUT2D eigenvalue weighted by molar-refractivity contribution is 9.10. The molecule has 0 atom stereocenters. The first kappa shape index (κ1) is 7.86. The summed E-state index contributed by atoms with van der Waals surface area (Å²) in [5, 5.41) is 0. The standard InChI is InChI=1S/C8H11BrO/c1-2-3-4-7-5-6-10-8(7)9/h5-6H,2-4H2,1H3. The maximum Gasteiger partial charge on any atom is 0.172 e. The van der Waals surface area contributed by atoms with Crippen molar-refractivity contribution in [3.63, 3.8) is 0 Å². The van der Waals surface area contributed by atoms with E-state index in [2.05, 4.69) is 22.9 Å². The average Bonchev–Trinajstić information content (AvgIpc) is 2.31.